The normalized spacial score (nSPS) is 26.8. The average molecular weight is 638 g/mol. The molecule has 5 rings (SSSR count). The van der Waals surface area contributed by atoms with Gasteiger partial charge in [-0.2, -0.15) is 0 Å². The summed E-state index contributed by atoms with van der Waals surface area (Å²) in [6, 6.07) is 13.6. The van der Waals surface area contributed by atoms with Crippen molar-refractivity contribution in [1.82, 2.24) is 4.90 Å². The summed E-state index contributed by atoms with van der Waals surface area (Å²) in [6.07, 6.45) is 4.95. The molecule has 3 heterocycles. The molecule has 8 nitrogen and oxygen atoms in total. The first-order valence-corrected chi connectivity index (χ1v) is 16.3. The molecule has 0 radical (unpaired) electrons. The molecule has 5 atom stereocenters. The highest BCUT2D eigenvalue weighted by Gasteiger charge is 2.77. The fraction of sp³-hybridized carbons (Fsp3) is 0.441. The van der Waals surface area contributed by atoms with Gasteiger partial charge in [0.1, 0.15) is 11.8 Å². The Morgan fingerprint density at radius 1 is 1.09 bits per heavy atom. The maximum atomic E-state index is 14.7. The van der Waals surface area contributed by atoms with Crippen LogP contribution in [0.25, 0.3) is 0 Å². The molecule has 10 heteroatoms. The highest BCUT2D eigenvalue weighted by Crippen LogP contribution is 2.71. The number of hydrogen-bond acceptors (Lipinski definition) is 6. The number of rotatable bonds is 13. The number of ether oxygens (including phenoxy) is 1. The maximum absolute atomic E-state index is 14.7. The number of aliphatic hydroxyl groups is 1. The molecule has 2 aromatic carbocycles. The molecule has 1 N–H and O–H groups in total. The quantitative estimate of drug-likeness (QED) is 0.298. The minimum absolute atomic E-state index is 0.124. The molecule has 0 aromatic heterocycles. The number of para-hydroxylation sites is 1. The molecule has 1 spiro atoms. The van der Waals surface area contributed by atoms with E-state index in [-0.39, 0.29) is 44.0 Å². The molecule has 234 valence electrons. The van der Waals surface area contributed by atoms with Crippen LogP contribution in [0.3, 0.4) is 0 Å². The number of thioether (sulfide) groups is 1. The molecular formula is C34H40ClN3O5S. The van der Waals surface area contributed by atoms with E-state index in [1.165, 1.54) is 0 Å². The average Bonchev–Trinajstić information content (AvgIpc) is 3.58. The number of benzene rings is 2. The molecule has 0 saturated carbocycles. The maximum Gasteiger partial charge on any atom is 0.251 e. The Morgan fingerprint density at radius 3 is 2.41 bits per heavy atom. The van der Waals surface area contributed by atoms with Crippen molar-refractivity contribution in [3.63, 3.8) is 0 Å². The Hall–Kier alpha value is -3.27. The first-order chi connectivity index (χ1) is 21.2. The third-order valence-corrected chi connectivity index (χ3v) is 11.4. The van der Waals surface area contributed by atoms with E-state index in [9.17, 15) is 19.5 Å². The highest BCUT2D eigenvalue weighted by atomic mass is 35.5. The predicted molar refractivity (Wildman–Crippen MR) is 176 cm³/mol. The summed E-state index contributed by atoms with van der Waals surface area (Å²) in [6.45, 7) is 12.8. The van der Waals surface area contributed by atoms with E-state index < -0.39 is 27.4 Å². The Morgan fingerprint density at radius 2 is 1.77 bits per heavy atom. The summed E-state index contributed by atoms with van der Waals surface area (Å²) in [5, 5.41) is 10.1. The molecule has 3 aliphatic heterocycles. The zero-order chi connectivity index (χ0) is 31.6. The Balaban J connectivity index is 1.57. The van der Waals surface area contributed by atoms with Crippen LogP contribution >= 0.6 is 23.4 Å². The fourth-order valence-electron chi connectivity index (χ4n) is 7.33. The van der Waals surface area contributed by atoms with Crippen LogP contribution < -0.4 is 14.5 Å². The van der Waals surface area contributed by atoms with Gasteiger partial charge in [-0.15, -0.1) is 24.9 Å². The zero-order valence-electron chi connectivity index (χ0n) is 25.3. The van der Waals surface area contributed by atoms with Crippen LogP contribution in [0.15, 0.2) is 73.8 Å². The van der Waals surface area contributed by atoms with Crippen LogP contribution in [0, 0.1) is 11.8 Å². The Labute approximate surface area is 268 Å². The number of carbonyl (C=O) groups excluding carboxylic acids is 3. The van der Waals surface area contributed by atoms with Crippen molar-refractivity contribution in [2.45, 2.75) is 48.6 Å². The van der Waals surface area contributed by atoms with Gasteiger partial charge in [0.2, 0.25) is 11.8 Å². The lowest BCUT2D eigenvalue weighted by Crippen LogP contribution is -2.55. The Bertz CT molecular complexity index is 1440. The summed E-state index contributed by atoms with van der Waals surface area (Å²) >= 11 is 8.18. The van der Waals surface area contributed by atoms with Gasteiger partial charge in [0.05, 0.1) is 33.9 Å². The van der Waals surface area contributed by atoms with Crippen LogP contribution in [-0.4, -0.2) is 76.1 Å². The number of aliphatic hydroxyl groups excluding tert-OH is 1. The topological polar surface area (TPSA) is 90.4 Å². The first kappa shape index (κ1) is 32.1. The lowest BCUT2D eigenvalue weighted by atomic mass is 9.66. The van der Waals surface area contributed by atoms with E-state index in [1.807, 2.05) is 37.3 Å². The van der Waals surface area contributed by atoms with Crippen molar-refractivity contribution < 1.29 is 24.2 Å². The Kier molecular flexibility index (Phi) is 9.49. The highest BCUT2D eigenvalue weighted by molar-refractivity contribution is 8.02. The second-order valence-corrected chi connectivity index (χ2v) is 14.0. The van der Waals surface area contributed by atoms with Crippen LogP contribution in [0.1, 0.15) is 33.1 Å². The van der Waals surface area contributed by atoms with Crippen molar-refractivity contribution >= 4 is 52.5 Å². The second-order valence-electron chi connectivity index (χ2n) is 11.7. The standard InChI is InChI=1S/C34H40ClN3O5S/c1-5-19-36(23-13-15-24(16-14-23)43-7-3)30(40)27-28-31(41)38(21-10-22-39)29(34(28)18-17-33(27,4)44-34)32(42)37(20-6-2)26-12-9-8-11-25(26)35/h5-6,8-9,11-16,27-29,39H,1-2,7,10,17-22H2,3-4H3/t27-,28+,29?,33+,34?/m1/s1. The minimum Gasteiger partial charge on any atom is -0.494 e. The van der Waals surface area contributed by atoms with Gasteiger partial charge in [0.15, 0.2) is 0 Å². The molecular weight excluding hydrogens is 598 g/mol. The minimum atomic E-state index is -0.828. The molecule has 3 fully saturated rings. The summed E-state index contributed by atoms with van der Waals surface area (Å²) in [7, 11) is 0. The molecule has 3 amide bonds. The number of nitrogens with zero attached hydrogens (tertiary/aromatic N) is 3. The van der Waals surface area contributed by atoms with Gasteiger partial charge < -0.3 is 24.5 Å². The lowest BCUT2D eigenvalue weighted by Gasteiger charge is -2.38. The summed E-state index contributed by atoms with van der Waals surface area (Å²) in [5.41, 5.74) is 1.23. The number of fused-ring (bicyclic) bond motifs is 1. The number of carbonyl (C=O) groups is 3. The fourth-order valence-corrected chi connectivity index (χ4v) is 9.91. The van der Waals surface area contributed by atoms with Crippen LogP contribution in [0.2, 0.25) is 5.02 Å². The summed E-state index contributed by atoms with van der Waals surface area (Å²) in [5.74, 6) is -1.27. The lowest BCUT2D eigenvalue weighted by molar-refractivity contribution is -0.139. The van der Waals surface area contributed by atoms with Crippen molar-refractivity contribution in [2.75, 3.05) is 42.6 Å². The summed E-state index contributed by atoms with van der Waals surface area (Å²) in [4.78, 5) is 48.7. The van der Waals surface area contributed by atoms with E-state index in [2.05, 4.69) is 20.1 Å². The van der Waals surface area contributed by atoms with Gasteiger partial charge in [-0.1, -0.05) is 35.9 Å². The van der Waals surface area contributed by atoms with E-state index in [0.717, 1.165) is 0 Å². The van der Waals surface area contributed by atoms with E-state index in [0.29, 0.717) is 48.0 Å². The SMILES string of the molecule is C=CCN(C(=O)[C@H]1[C@H]2C(=O)N(CCCO)C(C(=O)N(CC=C)c3ccccc3Cl)C23CC[C@]1(C)S3)c1ccc(OCC)cc1. The number of likely N-dealkylation sites (tertiary alicyclic amines) is 1. The van der Waals surface area contributed by atoms with Crippen LogP contribution in [0.4, 0.5) is 11.4 Å². The van der Waals surface area contributed by atoms with Gasteiger partial charge >= 0.3 is 0 Å². The van der Waals surface area contributed by atoms with Gasteiger partial charge in [-0.25, -0.2) is 0 Å². The monoisotopic (exact) mass is 637 g/mol. The third kappa shape index (κ3) is 5.33. The third-order valence-electron chi connectivity index (χ3n) is 9.09. The van der Waals surface area contributed by atoms with Gasteiger partial charge in [-0.3, -0.25) is 14.4 Å². The van der Waals surface area contributed by atoms with E-state index in [4.69, 9.17) is 16.3 Å². The molecule has 2 unspecified atom stereocenters. The van der Waals surface area contributed by atoms with Crippen LogP contribution in [0.5, 0.6) is 5.75 Å². The van der Waals surface area contributed by atoms with Gasteiger partial charge in [0.25, 0.3) is 5.91 Å². The van der Waals surface area contributed by atoms with Gasteiger partial charge in [-0.05, 0) is 69.5 Å². The number of anilines is 2. The summed E-state index contributed by atoms with van der Waals surface area (Å²) < 4.78 is 4.24. The molecule has 3 aliphatic rings. The second kappa shape index (κ2) is 13.0. The number of halogens is 1. The zero-order valence-corrected chi connectivity index (χ0v) is 26.9. The van der Waals surface area contributed by atoms with E-state index in [1.54, 1.807) is 56.8 Å². The molecule has 2 bridgehead atoms. The predicted octanol–water partition coefficient (Wildman–Crippen LogP) is 5.34. The van der Waals surface area contributed by atoms with Crippen molar-refractivity contribution in [2.24, 2.45) is 11.8 Å². The largest absolute Gasteiger partial charge is 0.494 e. The van der Waals surface area contributed by atoms with E-state index >= 15 is 0 Å². The smallest absolute Gasteiger partial charge is 0.251 e. The number of hydrogen-bond donors (Lipinski definition) is 1. The molecule has 0 aliphatic carbocycles. The molecule has 44 heavy (non-hydrogen) atoms. The van der Waals surface area contributed by atoms with Crippen LogP contribution in [-0.2, 0) is 14.4 Å². The molecule has 3 saturated heterocycles. The van der Waals surface area contributed by atoms with Gasteiger partial charge in [0, 0.05) is 36.7 Å². The molecule has 2 aromatic rings. The van der Waals surface area contributed by atoms with Crippen molar-refractivity contribution in [3.05, 3.63) is 78.9 Å². The van der Waals surface area contributed by atoms with Crippen molar-refractivity contribution in [1.29, 1.82) is 0 Å². The first-order valence-electron chi connectivity index (χ1n) is 15.1. The van der Waals surface area contributed by atoms with Crippen molar-refractivity contribution in [3.8, 4) is 5.75 Å². The number of amides is 3.